The van der Waals surface area contributed by atoms with Crippen molar-refractivity contribution < 1.29 is 0 Å². The summed E-state index contributed by atoms with van der Waals surface area (Å²) in [6, 6.07) is 0. The van der Waals surface area contributed by atoms with Gasteiger partial charge in [-0.25, -0.2) is 0 Å². The van der Waals surface area contributed by atoms with E-state index in [9.17, 15) is 0 Å². The van der Waals surface area contributed by atoms with Crippen LogP contribution in [0.25, 0.3) is 0 Å². The molecule has 13 heavy (non-hydrogen) atoms. The average Bonchev–Trinajstić information content (AvgIpc) is 2.10. The van der Waals surface area contributed by atoms with E-state index >= 15 is 0 Å². The van der Waals surface area contributed by atoms with Crippen LogP contribution in [0, 0.1) is 0 Å². The van der Waals surface area contributed by atoms with Gasteiger partial charge in [0.2, 0.25) is 0 Å². The van der Waals surface area contributed by atoms with Gasteiger partial charge in [-0.2, -0.15) is 0 Å². The molecule has 0 aromatic heterocycles. The zero-order valence-electron chi connectivity index (χ0n) is 9.44. The predicted molar refractivity (Wildman–Crippen MR) is 60.6 cm³/mol. The average molecular weight is 179 g/mol. The first-order valence-electron chi connectivity index (χ1n) is 4.84. The van der Waals surface area contributed by atoms with Crippen LogP contribution in [0.1, 0.15) is 34.1 Å². The maximum atomic E-state index is 3.21. The van der Waals surface area contributed by atoms with Crippen molar-refractivity contribution in [2.45, 2.75) is 34.1 Å². The normalized spacial score (nSPS) is 12.7. The van der Waals surface area contributed by atoms with Gasteiger partial charge in [-0.3, -0.25) is 0 Å². The quantitative estimate of drug-likeness (QED) is 0.652. The Labute approximate surface area is 82.2 Å². The molecule has 0 rings (SSSR count). The topological polar surface area (TPSA) is 12.0 Å². The number of hydrogen-bond acceptors (Lipinski definition) is 1. The summed E-state index contributed by atoms with van der Waals surface area (Å²) in [5.74, 6) is 0. The molecule has 0 spiro atoms. The van der Waals surface area contributed by atoms with Crippen LogP contribution >= 0.6 is 0 Å². The van der Waals surface area contributed by atoms with Gasteiger partial charge in [0, 0.05) is 12.7 Å². The van der Waals surface area contributed by atoms with Crippen molar-refractivity contribution in [1.29, 1.82) is 0 Å². The van der Waals surface area contributed by atoms with Gasteiger partial charge >= 0.3 is 0 Å². The summed E-state index contributed by atoms with van der Waals surface area (Å²) in [4.78, 5) is 0. The SMILES string of the molecule is C/C=C\C(NC)=C(/C=C(C)C)CC. The highest BCUT2D eigenvalue weighted by molar-refractivity contribution is 5.32. The van der Waals surface area contributed by atoms with E-state index < -0.39 is 0 Å². The molecule has 0 saturated heterocycles. The zero-order chi connectivity index (χ0) is 10.3. The smallest absolute Gasteiger partial charge is 0.0366 e. The minimum atomic E-state index is 1.06. The molecule has 0 aromatic carbocycles. The summed E-state index contributed by atoms with van der Waals surface area (Å²) < 4.78 is 0. The third-order valence-corrected chi connectivity index (χ3v) is 1.79. The molecule has 0 aliphatic carbocycles. The van der Waals surface area contributed by atoms with Crippen molar-refractivity contribution in [3.8, 4) is 0 Å². The molecule has 0 aromatic rings. The van der Waals surface area contributed by atoms with E-state index in [1.807, 2.05) is 14.0 Å². The van der Waals surface area contributed by atoms with Gasteiger partial charge in [-0.15, -0.1) is 0 Å². The van der Waals surface area contributed by atoms with Crippen LogP contribution in [0.5, 0.6) is 0 Å². The third kappa shape index (κ3) is 4.56. The second-order valence-corrected chi connectivity index (χ2v) is 3.26. The number of allylic oxidation sites excluding steroid dienone is 5. The highest BCUT2D eigenvalue weighted by Gasteiger charge is 1.96. The molecule has 1 heteroatoms. The first kappa shape index (κ1) is 12.0. The molecule has 0 amide bonds. The fourth-order valence-corrected chi connectivity index (χ4v) is 1.24. The van der Waals surface area contributed by atoms with Crippen molar-refractivity contribution in [1.82, 2.24) is 5.32 Å². The molecule has 0 saturated carbocycles. The Kier molecular flexibility index (Phi) is 6.03. The van der Waals surface area contributed by atoms with Gasteiger partial charge in [0.15, 0.2) is 0 Å². The highest BCUT2D eigenvalue weighted by atomic mass is 14.8. The molecular weight excluding hydrogens is 158 g/mol. The molecule has 74 valence electrons. The number of hydrogen-bond donors (Lipinski definition) is 1. The summed E-state index contributed by atoms with van der Waals surface area (Å²) in [6.07, 6.45) is 7.45. The van der Waals surface area contributed by atoms with E-state index in [1.165, 1.54) is 16.8 Å². The lowest BCUT2D eigenvalue weighted by atomic mass is 10.1. The fraction of sp³-hybridized carbons (Fsp3) is 0.500. The van der Waals surface area contributed by atoms with Crippen molar-refractivity contribution in [3.63, 3.8) is 0 Å². The molecule has 0 aliphatic heterocycles. The first-order chi connectivity index (χ1) is 6.15. The Morgan fingerprint density at radius 1 is 1.31 bits per heavy atom. The van der Waals surface area contributed by atoms with Gasteiger partial charge < -0.3 is 5.32 Å². The summed E-state index contributed by atoms with van der Waals surface area (Å²) in [6.45, 7) is 8.46. The minimum Gasteiger partial charge on any atom is -0.388 e. The van der Waals surface area contributed by atoms with Crippen molar-refractivity contribution >= 4 is 0 Å². The Hall–Kier alpha value is -0.980. The number of likely N-dealkylation sites (N-methyl/N-ethyl adjacent to an activating group) is 1. The van der Waals surface area contributed by atoms with Gasteiger partial charge in [-0.1, -0.05) is 24.6 Å². The Bertz CT molecular complexity index is 228. The van der Waals surface area contributed by atoms with Crippen LogP contribution in [0.2, 0.25) is 0 Å². The molecule has 0 fully saturated rings. The second kappa shape index (κ2) is 6.53. The molecule has 1 nitrogen and oxygen atoms in total. The van der Waals surface area contributed by atoms with E-state index in [0.717, 1.165) is 6.42 Å². The van der Waals surface area contributed by atoms with E-state index in [-0.39, 0.29) is 0 Å². The van der Waals surface area contributed by atoms with E-state index in [0.29, 0.717) is 0 Å². The maximum absolute atomic E-state index is 3.21. The van der Waals surface area contributed by atoms with Crippen LogP contribution in [0.15, 0.2) is 35.1 Å². The molecule has 0 heterocycles. The van der Waals surface area contributed by atoms with Gasteiger partial charge in [-0.05, 0) is 38.8 Å². The lowest BCUT2D eigenvalue weighted by molar-refractivity contribution is 0.973. The standard InChI is InChI=1S/C12H21N/c1-6-8-12(13-5)11(7-2)9-10(3)4/h6,8-9,13H,7H2,1-5H3/b8-6-,12-11+. The molecule has 0 radical (unpaired) electrons. The monoisotopic (exact) mass is 179 g/mol. The van der Waals surface area contributed by atoms with Gasteiger partial charge in [0.25, 0.3) is 0 Å². The molecule has 0 unspecified atom stereocenters. The molecule has 0 bridgehead atoms. The van der Waals surface area contributed by atoms with Crippen LogP contribution in [-0.2, 0) is 0 Å². The summed E-state index contributed by atoms with van der Waals surface area (Å²) in [5, 5.41) is 3.21. The van der Waals surface area contributed by atoms with Crippen LogP contribution in [0.4, 0.5) is 0 Å². The molecule has 0 aliphatic rings. The fourth-order valence-electron chi connectivity index (χ4n) is 1.24. The first-order valence-corrected chi connectivity index (χ1v) is 4.84. The van der Waals surface area contributed by atoms with Gasteiger partial charge in [0.1, 0.15) is 0 Å². The maximum Gasteiger partial charge on any atom is 0.0366 e. The zero-order valence-corrected chi connectivity index (χ0v) is 9.44. The number of nitrogens with one attached hydrogen (secondary N) is 1. The Morgan fingerprint density at radius 3 is 2.23 bits per heavy atom. The minimum absolute atomic E-state index is 1.06. The highest BCUT2D eigenvalue weighted by Crippen LogP contribution is 2.11. The van der Waals surface area contributed by atoms with Crippen molar-refractivity contribution in [2.24, 2.45) is 0 Å². The lowest BCUT2D eigenvalue weighted by Crippen LogP contribution is -2.06. The lowest BCUT2D eigenvalue weighted by Gasteiger charge is -2.07. The largest absolute Gasteiger partial charge is 0.388 e. The molecular formula is C12H21N. The summed E-state index contributed by atoms with van der Waals surface area (Å²) in [7, 11) is 1.96. The molecule has 0 atom stereocenters. The Balaban J connectivity index is 4.93. The van der Waals surface area contributed by atoms with Gasteiger partial charge in [0.05, 0.1) is 0 Å². The predicted octanol–water partition coefficient (Wildman–Crippen LogP) is 3.41. The van der Waals surface area contributed by atoms with Crippen LogP contribution in [-0.4, -0.2) is 7.05 Å². The summed E-state index contributed by atoms with van der Waals surface area (Å²) in [5.41, 5.74) is 3.92. The third-order valence-electron chi connectivity index (χ3n) is 1.79. The van der Waals surface area contributed by atoms with E-state index in [1.54, 1.807) is 0 Å². The van der Waals surface area contributed by atoms with E-state index in [4.69, 9.17) is 0 Å². The van der Waals surface area contributed by atoms with Crippen molar-refractivity contribution in [2.75, 3.05) is 7.05 Å². The number of rotatable bonds is 4. The van der Waals surface area contributed by atoms with E-state index in [2.05, 4.69) is 44.3 Å². The van der Waals surface area contributed by atoms with Crippen LogP contribution < -0.4 is 5.32 Å². The Morgan fingerprint density at radius 2 is 1.92 bits per heavy atom. The van der Waals surface area contributed by atoms with Crippen LogP contribution in [0.3, 0.4) is 0 Å². The second-order valence-electron chi connectivity index (χ2n) is 3.26. The van der Waals surface area contributed by atoms with Crippen molar-refractivity contribution in [3.05, 3.63) is 35.1 Å². The summed E-state index contributed by atoms with van der Waals surface area (Å²) >= 11 is 0. The molecule has 1 N–H and O–H groups in total.